The molecule has 4 aromatic carbocycles. The van der Waals surface area contributed by atoms with E-state index in [4.69, 9.17) is 4.74 Å². The number of aromatic hydroxyl groups is 1. The maximum Gasteiger partial charge on any atom is 0.269 e. The summed E-state index contributed by atoms with van der Waals surface area (Å²) in [5, 5.41) is 33.0. The maximum atomic E-state index is 10.7. The Balaban J connectivity index is 1.81. The molecule has 0 bridgehead atoms. The van der Waals surface area contributed by atoms with Gasteiger partial charge in [-0.2, -0.15) is 5.11 Å². The quantitative estimate of drug-likeness (QED) is 0.204. The molecule has 0 amide bonds. The molecule has 0 saturated carbocycles. The Labute approximate surface area is 159 Å². The molecule has 0 aromatic heterocycles. The van der Waals surface area contributed by atoms with Gasteiger partial charge in [-0.15, -0.1) is 5.11 Å². The third kappa shape index (κ3) is 3.09. The Morgan fingerprint density at radius 2 is 1.57 bits per heavy atom. The van der Waals surface area contributed by atoms with E-state index >= 15 is 0 Å². The number of ether oxygens (including phenoxy) is 1. The van der Waals surface area contributed by atoms with Crippen LogP contribution in [-0.2, 0) is 0 Å². The predicted molar refractivity (Wildman–Crippen MR) is 107 cm³/mol. The van der Waals surface area contributed by atoms with Crippen LogP contribution >= 0.6 is 0 Å². The highest BCUT2D eigenvalue weighted by atomic mass is 16.6. The lowest BCUT2D eigenvalue weighted by Gasteiger charge is -2.11. The number of nitro groups is 1. The summed E-state index contributed by atoms with van der Waals surface area (Å²) in [6.07, 6.45) is 0. The number of non-ortho nitro benzene ring substituents is 1. The van der Waals surface area contributed by atoms with Crippen LogP contribution < -0.4 is 4.74 Å². The number of nitrogens with zero attached hydrogens (tertiary/aromatic N) is 3. The van der Waals surface area contributed by atoms with Crippen LogP contribution in [0.5, 0.6) is 11.5 Å². The first-order chi connectivity index (χ1) is 13.6. The first-order valence-corrected chi connectivity index (χ1v) is 8.45. The third-order valence-electron chi connectivity index (χ3n) is 4.47. The summed E-state index contributed by atoms with van der Waals surface area (Å²) in [7, 11) is 1.55. The van der Waals surface area contributed by atoms with Crippen molar-refractivity contribution in [2.75, 3.05) is 7.11 Å². The summed E-state index contributed by atoms with van der Waals surface area (Å²) in [6.45, 7) is 0. The zero-order valence-electron chi connectivity index (χ0n) is 14.9. The van der Waals surface area contributed by atoms with Crippen molar-refractivity contribution < 1.29 is 14.8 Å². The molecule has 0 aliphatic rings. The summed E-state index contributed by atoms with van der Waals surface area (Å²) < 4.78 is 5.48. The average molecular weight is 373 g/mol. The van der Waals surface area contributed by atoms with E-state index in [2.05, 4.69) is 10.2 Å². The highest BCUT2D eigenvalue weighted by molar-refractivity contribution is 6.05. The van der Waals surface area contributed by atoms with Gasteiger partial charge in [0.15, 0.2) is 5.75 Å². The Bertz CT molecular complexity index is 1230. The summed E-state index contributed by atoms with van der Waals surface area (Å²) in [5.74, 6) is 0.559. The Hall–Kier alpha value is -4.00. The first-order valence-electron chi connectivity index (χ1n) is 8.45. The van der Waals surface area contributed by atoms with E-state index in [9.17, 15) is 15.2 Å². The number of fused-ring (bicyclic) bond motifs is 2. The molecule has 0 radical (unpaired) electrons. The van der Waals surface area contributed by atoms with Crippen molar-refractivity contribution in [2.45, 2.75) is 0 Å². The van der Waals surface area contributed by atoms with Crippen molar-refractivity contribution in [1.82, 2.24) is 0 Å². The molecule has 0 unspecified atom stereocenters. The van der Waals surface area contributed by atoms with Gasteiger partial charge >= 0.3 is 0 Å². The van der Waals surface area contributed by atoms with Gasteiger partial charge in [-0.05, 0) is 35.0 Å². The van der Waals surface area contributed by atoms with Crippen LogP contribution in [0.3, 0.4) is 0 Å². The largest absolute Gasteiger partial charge is 0.505 e. The maximum absolute atomic E-state index is 10.7. The highest BCUT2D eigenvalue weighted by Gasteiger charge is 2.13. The minimum Gasteiger partial charge on any atom is -0.505 e. The van der Waals surface area contributed by atoms with Gasteiger partial charge in [0.1, 0.15) is 11.4 Å². The molecule has 0 aliphatic heterocycles. The molecule has 4 rings (SSSR count). The second-order valence-corrected chi connectivity index (χ2v) is 6.17. The van der Waals surface area contributed by atoms with E-state index < -0.39 is 4.92 Å². The van der Waals surface area contributed by atoms with Crippen molar-refractivity contribution >= 4 is 38.6 Å². The number of hydrogen-bond donors (Lipinski definition) is 1. The lowest BCUT2D eigenvalue weighted by Crippen LogP contribution is -1.87. The summed E-state index contributed by atoms with van der Waals surface area (Å²) in [5.41, 5.74) is 0.654. The van der Waals surface area contributed by atoms with Crippen molar-refractivity contribution in [3.8, 4) is 11.5 Å². The van der Waals surface area contributed by atoms with Gasteiger partial charge in [-0.3, -0.25) is 10.1 Å². The van der Waals surface area contributed by atoms with Gasteiger partial charge < -0.3 is 9.84 Å². The Morgan fingerprint density at radius 1 is 0.929 bits per heavy atom. The monoisotopic (exact) mass is 373 g/mol. The van der Waals surface area contributed by atoms with Crippen molar-refractivity contribution in [1.29, 1.82) is 0 Å². The number of phenolic OH excluding ortho intramolecular Hbond substituents is 1. The van der Waals surface area contributed by atoms with Crippen molar-refractivity contribution in [3.05, 3.63) is 76.8 Å². The van der Waals surface area contributed by atoms with E-state index in [0.717, 1.165) is 16.2 Å². The van der Waals surface area contributed by atoms with E-state index in [-0.39, 0.29) is 17.1 Å². The summed E-state index contributed by atoms with van der Waals surface area (Å²) >= 11 is 0. The zero-order chi connectivity index (χ0) is 19.7. The molecule has 0 saturated heterocycles. The molecule has 1 N–H and O–H groups in total. The Morgan fingerprint density at radius 3 is 2.18 bits per heavy atom. The molecule has 7 heteroatoms. The summed E-state index contributed by atoms with van der Waals surface area (Å²) in [4.78, 5) is 10.2. The minimum atomic E-state index is -0.481. The van der Waals surface area contributed by atoms with Crippen LogP contribution in [0.2, 0.25) is 0 Å². The fourth-order valence-corrected chi connectivity index (χ4v) is 3.05. The molecule has 0 atom stereocenters. The van der Waals surface area contributed by atoms with E-state index in [1.54, 1.807) is 13.2 Å². The molecule has 138 valence electrons. The number of azo groups is 1. The number of rotatable bonds is 4. The zero-order valence-corrected chi connectivity index (χ0v) is 14.9. The van der Waals surface area contributed by atoms with Crippen LogP contribution in [0.15, 0.2) is 77.0 Å². The van der Waals surface area contributed by atoms with Gasteiger partial charge in [0, 0.05) is 29.0 Å². The lowest BCUT2D eigenvalue weighted by atomic mass is 10.0. The standard InChI is InChI=1S/C21H15N3O4/c1-28-20-12-19(23-22-15-6-8-16(9-7-15)24(26)27)21(25)18-11-14-5-3-2-4-13(14)10-17(18)20/h2-12,25H,1H3. The smallest absolute Gasteiger partial charge is 0.269 e. The van der Waals surface area contributed by atoms with Crippen LogP contribution in [-0.4, -0.2) is 17.1 Å². The number of methoxy groups -OCH3 is 1. The van der Waals surface area contributed by atoms with E-state index in [1.807, 2.05) is 36.4 Å². The molecule has 7 nitrogen and oxygen atoms in total. The second-order valence-electron chi connectivity index (χ2n) is 6.17. The molecular weight excluding hydrogens is 358 g/mol. The SMILES string of the molecule is COc1cc(N=Nc2ccc([N+](=O)[O-])cc2)c(O)c2cc3ccccc3cc12. The van der Waals surface area contributed by atoms with E-state index in [0.29, 0.717) is 16.8 Å². The molecular formula is C21H15N3O4. The number of hydrogen-bond acceptors (Lipinski definition) is 6. The second kappa shape index (κ2) is 6.96. The first kappa shape index (κ1) is 17.4. The van der Waals surface area contributed by atoms with Gasteiger partial charge in [0.05, 0.1) is 17.7 Å². The fourth-order valence-electron chi connectivity index (χ4n) is 3.05. The van der Waals surface area contributed by atoms with Gasteiger partial charge in [0.25, 0.3) is 5.69 Å². The molecule has 0 fully saturated rings. The van der Waals surface area contributed by atoms with Crippen molar-refractivity contribution in [3.63, 3.8) is 0 Å². The molecule has 0 spiro atoms. The lowest BCUT2D eigenvalue weighted by molar-refractivity contribution is -0.384. The average Bonchev–Trinajstić information content (AvgIpc) is 2.72. The number of phenols is 1. The van der Waals surface area contributed by atoms with Crippen molar-refractivity contribution in [2.24, 2.45) is 10.2 Å². The van der Waals surface area contributed by atoms with Crippen LogP contribution in [0.1, 0.15) is 0 Å². The molecule has 28 heavy (non-hydrogen) atoms. The topological polar surface area (TPSA) is 97.3 Å². The van der Waals surface area contributed by atoms with E-state index in [1.165, 1.54) is 24.3 Å². The van der Waals surface area contributed by atoms with Gasteiger partial charge in [-0.1, -0.05) is 24.3 Å². The Kier molecular flexibility index (Phi) is 4.33. The number of benzene rings is 4. The molecule has 4 aromatic rings. The fraction of sp³-hybridized carbons (Fsp3) is 0.0476. The molecule has 0 aliphatic carbocycles. The van der Waals surface area contributed by atoms with Crippen LogP contribution in [0.25, 0.3) is 21.5 Å². The number of nitro benzene ring substituents is 1. The normalized spacial score (nSPS) is 11.3. The molecule has 0 heterocycles. The van der Waals surface area contributed by atoms with Crippen LogP contribution in [0.4, 0.5) is 17.1 Å². The predicted octanol–water partition coefficient (Wildman–Crippen LogP) is 6.03. The highest BCUT2D eigenvalue weighted by Crippen LogP contribution is 2.42. The van der Waals surface area contributed by atoms with Gasteiger partial charge in [-0.25, -0.2) is 0 Å². The third-order valence-corrected chi connectivity index (χ3v) is 4.47. The van der Waals surface area contributed by atoms with Crippen LogP contribution in [0, 0.1) is 10.1 Å². The minimum absolute atomic E-state index is 0.00721. The summed E-state index contributed by atoms with van der Waals surface area (Å²) in [6, 6.07) is 19.0. The van der Waals surface area contributed by atoms with Gasteiger partial charge in [0.2, 0.25) is 0 Å².